The molecule has 0 fully saturated rings. The van der Waals surface area contributed by atoms with E-state index >= 15 is 0 Å². The Labute approximate surface area is 109 Å². The van der Waals surface area contributed by atoms with Gasteiger partial charge in [0.15, 0.2) is 5.78 Å². The SMILES string of the molecule is O=C(Cn1ccccc1=O)c1c[nH]c2ccccc12. The van der Waals surface area contributed by atoms with Crippen molar-refractivity contribution in [2.24, 2.45) is 0 Å². The average Bonchev–Trinajstić information content (AvgIpc) is 2.85. The molecule has 1 N–H and O–H groups in total. The molecular weight excluding hydrogens is 240 g/mol. The molecule has 0 amide bonds. The Hall–Kier alpha value is -2.62. The van der Waals surface area contributed by atoms with E-state index in [4.69, 9.17) is 0 Å². The number of benzene rings is 1. The summed E-state index contributed by atoms with van der Waals surface area (Å²) >= 11 is 0. The van der Waals surface area contributed by atoms with E-state index in [1.165, 1.54) is 10.6 Å². The van der Waals surface area contributed by atoms with Crippen LogP contribution in [0.15, 0.2) is 59.7 Å². The summed E-state index contributed by atoms with van der Waals surface area (Å²) in [5.41, 5.74) is 1.37. The minimum atomic E-state index is -0.171. The zero-order valence-corrected chi connectivity index (χ0v) is 10.2. The molecule has 0 aliphatic carbocycles. The van der Waals surface area contributed by atoms with Crippen LogP contribution in [0, 0.1) is 0 Å². The largest absolute Gasteiger partial charge is 0.360 e. The number of carbonyl (C=O) groups is 1. The Morgan fingerprint density at radius 1 is 1.11 bits per heavy atom. The number of nitrogens with zero attached hydrogens (tertiary/aromatic N) is 1. The molecule has 4 nitrogen and oxygen atoms in total. The lowest BCUT2D eigenvalue weighted by molar-refractivity contribution is 0.0972. The van der Waals surface area contributed by atoms with Gasteiger partial charge in [-0.3, -0.25) is 9.59 Å². The van der Waals surface area contributed by atoms with Crippen molar-refractivity contribution in [3.8, 4) is 0 Å². The first-order chi connectivity index (χ1) is 9.25. The molecule has 0 radical (unpaired) electrons. The van der Waals surface area contributed by atoms with E-state index in [0.717, 1.165) is 10.9 Å². The van der Waals surface area contributed by atoms with E-state index in [-0.39, 0.29) is 17.9 Å². The van der Waals surface area contributed by atoms with Gasteiger partial charge < -0.3 is 9.55 Å². The second-order valence-corrected chi connectivity index (χ2v) is 4.34. The highest BCUT2D eigenvalue weighted by atomic mass is 16.1. The van der Waals surface area contributed by atoms with Gasteiger partial charge in [-0.25, -0.2) is 0 Å². The summed E-state index contributed by atoms with van der Waals surface area (Å²) in [5.74, 6) is -0.0780. The van der Waals surface area contributed by atoms with Crippen LogP contribution < -0.4 is 5.56 Å². The van der Waals surface area contributed by atoms with Gasteiger partial charge >= 0.3 is 0 Å². The third kappa shape index (κ3) is 2.08. The van der Waals surface area contributed by atoms with E-state index < -0.39 is 0 Å². The van der Waals surface area contributed by atoms with Crippen LogP contribution in [-0.2, 0) is 6.54 Å². The zero-order chi connectivity index (χ0) is 13.2. The molecule has 1 aromatic carbocycles. The maximum atomic E-state index is 12.3. The molecule has 94 valence electrons. The molecule has 0 bridgehead atoms. The van der Waals surface area contributed by atoms with E-state index in [2.05, 4.69) is 4.98 Å². The number of hydrogen-bond acceptors (Lipinski definition) is 2. The van der Waals surface area contributed by atoms with Crippen LogP contribution in [0.1, 0.15) is 10.4 Å². The molecule has 0 saturated carbocycles. The first-order valence-electron chi connectivity index (χ1n) is 6.00. The number of carbonyl (C=O) groups excluding carboxylic acids is 1. The lowest BCUT2D eigenvalue weighted by Gasteiger charge is -2.03. The number of pyridine rings is 1. The van der Waals surface area contributed by atoms with E-state index in [9.17, 15) is 9.59 Å². The molecule has 3 aromatic rings. The number of nitrogens with one attached hydrogen (secondary N) is 1. The van der Waals surface area contributed by atoms with Gasteiger partial charge in [-0.1, -0.05) is 24.3 Å². The minimum Gasteiger partial charge on any atom is -0.360 e. The average molecular weight is 252 g/mol. The monoisotopic (exact) mass is 252 g/mol. The second kappa shape index (κ2) is 4.57. The Kier molecular flexibility index (Phi) is 2.76. The maximum absolute atomic E-state index is 12.3. The molecule has 0 saturated heterocycles. The number of aromatic amines is 1. The smallest absolute Gasteiger partial charge is 0.250 e. The van der Waals surface area contributed by atoms with Gasteiger partial charge in [0.2, 0.25) is 0 Å². The van der Waals surface area contributed by atoms with Crippen LogP contribution in [-0.4, -0.2) is 15.3 Å². The summed E-state index contributed by atoms with van der Waals surface area (Å²) in [6, 6.07) is 12.5. The first-order valence-corrected chi connectivity index (χ1v) is 6.00. The van der Waals surface area contributed by atoms with Crippen LogP contribution in [0.25, 0.3) is 10.9 Å². The normalized spacial score (nSPS) is 10.7. The van der Waals surface area contributed by atoms with Crippen LogP contribution in [0.3, 0.4) is 0 Å². The summed E-state index contributed by atoms with van der Waals surface area (Å²) in [7, 11) is 0. The molecular formula is C15H12N2O2. The number of rotatable bonds is 3. The predicted molar refractivity (Wildman–Crippen MR) is 73.3 cm³/mol. The molecule has 2 heterocycles. The highest BCUT2D eigenvalue weighted by molar-refractivity contribution is 6.07. The van der Waals surface area contributed by atoms with Crippen molar-refractivity contribution in [3.63, 3.8) is 0 Å². The number of para-hydroxylation sites is 1. The maximum Gasteiger partial charge on any atom is 0.250 e. The van der Waals surface area contributed by atoms with Gasteiger partial charge in [0.1, 0.15) is 0 Å². The summed E-state index contributed by atoms with van der Waals surface area (Å²) < 4.78 is 1.41. The number of aromatic nitrogens is 2. The number of Topliss-reactive ketones (excluding diaryl/α,β-unsaturated/α-hetero) is 1. The van der Waals surface area contributed by atoms with Gasteiger partial charge in [0, 0.05) is 34.9 Å². The number of H-pyrrole nitrogens is 1. The standard InChI is InChI=1S/C15H12N2O2/c18-14(10-17-8-4-3-7-15(17)19)12-9-16-13-6-2-1-5-11(12)13/h1-9,16H,10H2. The molecule has 0 unspecified atom stereocenters. The Balaban J connectivity index is 1.97. The Morgan fingerprint density at radius 3 is 2.74 bits per heavy atom. The molecule has 0 spiro atoms. The van der Waals surface area contributed by atoms with Crippen molar-refractivity contribution in [1.29, 1.82) is 0 Å². The molecule has 4 heteroatoms. The summed E-state index contributed by atoms with van der Waals surface area (Å²) in [4.78, 5) is 26.9. The Bertz CT molecular complexity index is 799. The minimum absolute atomic E-state index is 0.0571. The summed E-state index contributed by atoms with van der Waals surface area (Å²) in [5, 5.41) is 0.886. The Morgan fingerprint density at radius 2 is 1.89 bits per heavy atom. The third-order valence-corrected chi connectivity index (χ3v) is 3.10. The topological polar surface area (TPSA) is 54.9 Å². The predicted octanol–water partition coefficient (Wildman–Crippen LogP) is 2.21. The highest BCUT2D eigenvalue weighted by Gasteiger charge is 2.12. The van der Waals surface area contributed by atoms with Crippen LogP contribution >= 0.6 is 0 Å². The molecule has 0 aliphatic heterocycles. The lowest BCUT2D eigenvalue weighted by Crippen LogP contribution is -2.22. The van der Waals surface area contributed by atoms with Gasteiger partial charge in [-0.15, -0.1) is 0 Å². The van der Waals surface area contributed by atoms with Crippen LogP contribution in [0.2, 0.25) is 0 Å². The van der Waals surface area contributed by atoms with Gasteiger partial charge in [-0.05, 0) is 12.1 Å². The van der Waals surface area contributed by atoms with Crippen molar-refractivity contribution >= 4 is 16.7 Å². The van der Waals surface area contributed by atoms with Crippen molar-refractivity contribution in [1.82, 2.24) is 9.55 Å². The first kappa shape index (κ1) is 11.5. The van der Waals surface area contributed by atoms with E-state index in [1.54, 1.807) is 24.5 Å². The van der Waals surface area contributed by atoms with Crippen molar-refractivity contribution in [2.45, 2.75) is 6.54 Å². The quantitative estimate of drug-likeness (QED) is 0.726. The molecule has 19 heavy (non-hydrogen) atoms. The highest BCUT2D eigenvalue weighted by Crippen LogP contribution is 2.18. The zero-order valence-electron chi connectivity index (χ0n) is 10.2. The lowest BCUT2D eigenvalue weighted by atomic mass is 10.1. The number of hydrogen-bond donors (Lipinski definition) is 1. The summed E-state index contributed by atoms with van der Waals surface area (Å²) in [6.07, 6.45) is 3.32. The molecule has 3 rings (SSSR count). The second-order valence-electron chi connectivity index (χ2n) is 4.34. The van der Waals surface area contributed by atoms with Crippen LogP contribution in [0.5, 0.6) is 0 Å². The van der Waals surface area contributed by atoms with Crippen LogP contribution in [0.4, 0.5) is 0 Å². The van der Waals surface area contributed by atoms with Gasteiger partial charge in [0.05, 0.1) is 6.54 Å². The van der Waals surface area contributed by atoms with Gasteiger partial charge in [0.25, 0.3) is 5.56 Å². The van der Waals surface area contributed by atoms with E-state index in [1.807, 2.05) is 24.3 Å². The van der Waals surface area contributed by atoms with Gasteiger partial charge in [-0.2, -0.15) is 0 Å². The number of fused-ring (bicyclic) bond motifs is 1. The van der Waals surface area contributed by atoms with Crippen molar-refractivity contribution < 1.29 is 4.79 Å². The fourth-order valence-electron chi connectivity index (χ4n) is 2.13. The third-order valence-electron chi connectivity index (χ3n) is 3.10. The van der Waals surface area contributed by atoms with E-state index in [0.29, 0.717) is 5.56 Å². The fourth-order valence-corrected chi connectivity index (χ4v) is 2.13. The molecule has 2 aromatic heterocycles. The van der Waals surface area contributed by atoms with Crippen molar-refractivity contribution in [2.75, 3.05) is 0 Å². The fraction of sp³-hybridized carbons (Fsp3) is 0.0667. The molecule has 0 atom stereocenters. The summed E-state index contributed by atoms with van der Waals surface area (Å²) in [6.45, 7) is 0.0571. The van der Waals surface area contributed by atoms with Crippen molar-refractivity contribution in [3.05, 3.63) is 70.8 Å². The number of ketones is 1. The molecule has 0 aliphatic rings.